The van der Waals surface area contributed by atoms with E-state index < -0.39 is 0 Å². The molecule has 0 aliphatic rings. The van der Waals surface area contributed by atoms with Crippen LogP contribution < -0.4 is 14.8 Å². The van der Waals surface area contributed by atoms with Crippen LogP contribution in [0.15, 0.2) is 48.5 Å². The standard InChI is InChI=1S/C18H23NO2/c1-4-12-21-15-9-7-8-14(13-15)18(19-2)16-10-5-6-11-17(16)20-3/h5-11,13,18-19H,4,12H2,1-3H3. The summed E-state index contributed by atoms with van der Waals surface area (Å²) >= 11 is 0. The van der Waals surface area contributed by atoms with Gasteiger partial charge in [0.05, 0.1) is 19.8 Å². The zero-order valence-electron chi connectivity index (χ0n) is 12.9. The summed E-state index contributed by atoms with van der Waals surface area (Å²) in [6.45, 7) is 2.84. The second-order valence-electron chi connectivity index (χ2n) is 4.88. The van der Waals surface area contributed by atoms with Gasteiger partial charge in [-0.3, -0.25) is 0 Å². The lowest BCUT2D eigenvalue weighted by Gasteiger charge is -2.20. The quantitative estimate of drug-likeness (QED) is 0.839. The van der Waals surface area contributed by atoms with Gasteiger partial charge in [0.15, 0.2) is 0 Å². The first kappa shape index (κ1) is 15.4. The maximum Gasteiger partial charge on any atom is 0.123 e. The fraction of sp³-hybridized carbons (Fsp3) is 0.333. The highest BCUT2D eigenvalue weighted by atomic mass is 16.5. The van der Waals surface area contributed by atoms with E-state index in [0.717, 1.165) is 35.7 Å². The number of hydrogen-bond donors (Lipinski definition) is 1. The van der Waals surface area contributed by atoms with E-state index in [-0.39, 0.29) is 6.04 Å². The van der Waals surface area contributed by atoms with Gasteiger partial charge in [-0.2, -0.15) is 0 Å². The maximum absolute atomic E-state index is 5.72. The first-order valence-electron chi connectivity index (χ1n) is 7.33. The van der Waals surface area contributed by atoms with Crippen LogP contribution in [0.4, 0.5) is 0 Å². The van der Waals surface area contributed by atoms with Crippen LogP contribution in [0.2, 0.25) is 0 Å². The molecule has 0 saturated carbocycles. The van der Waals surface area contributed by atoms with Gasteiger partial charge in [-0.25, -0.2) is 0 Å². The molecule has 0 bridgehead atoms. The number of rotatable bonds is 7. The molecule has 0 amide bonds. The molecule has 21 heavy (non-hydrogen) atoms. The van der Waals surface area contributed by atoms with E-state index in [2.05, 4.69) is 30.4 Å². The van der Waals surface area contributed by atoms with Crippen molar-refractivity contribution in [2.75, 3.05) is 20.8 Å². The summed E-state index contributed by atoms with van der Waals surface area (Å²) in [4.78, 5) is 0. The van der Waals surface area contributed by atoms with Crippen LogP contribution in [0.1, 0.15) is 30.5 Å². The highest BCUT2D eigenvalue weighted by Gasteiger charge is 2.16. The highest BCUT2D eigenvalue weighted by molar-refractivity contribution is 5.43. The molecule has 0 heterocycles. The summed E-state index contributed by atoms with van der Waals surface area (Å²) < 4.78 is 11.2. The topological polar surface area (TPSA) is 30.5 Å². The fourth-order valence-corrected chi connectivity index (χ4v) is 2.41. The first-order chi connectivity index (χ1) is 10.3. The molecule has 112 valence electrons. The molecule has 0 spiro atoms. The number of benzene rings is 2. The highest BCUT2D eigenvalue weighted by Crippen LogP contribution is 2.31. The third-order valence-corrected chi connectivity index (χ3v) is 3.40. The first-order valence-corrected chi connectivity index (χ1v) is 7.33. The van der Waals surface area contributed by atoms with Crippen LogP contribution in [0.5, 0.6) is 11.5 Å². The van der Waals surface area contributed by atoms with Crippen molar-refractivity contribution in [3.8, 4) is 11.5 Å². The Morgan fingerprint density at radius 2 is 1.90 bits per heavy atom. The summed E-state index contributed by atoms with van der Waals surface area (Å²) in [5, 5.41) is 3.36. The number of para-hydroxylation sites is 1. The Morgan fingerprint density at radius 1 is 1.10 bits per heavy atom. The Kier molecular flexibility index (Phi) is 5.64. The Balaban J connectivity index is 2.32. The van der Waals surface area contributed by atoms with Gasteiger partial charge in [-0.05, 0) is 37.2 Å². The Morgan fingerprint density at radius 3 is 2.62 bits per heavy atom. The molecule has 0 aromatic heterocycles. The fourth-order valence-electron chi connectivity index (χ4n) is 2.41. The SMILES string of the molecule is CCCOc1cccc(C(NC)c2ccccc2OC)c1. The van der Waals surface area contributed by atoms with E-state index in [4.69, 9.17) is 9.47 Å². The lowest BCUT2D eigenvalue weighted by atomic mass is 9.98. The average Bonchev–Trinajstić information content (AvgIpc) is 2.54. The van der Waals surface area contributed by atoms with Crippen LogP contribution in [0, 0.1) is 0 Å². The molecular formula is C18H23NO2. The molecule has 1 atom stereocenters. The predicted octanol–water partition coefficient (Wildman–Crippen LogP) is 3.79. The zero-order valence-corrected chi connectivity index (χ0v) is 12.9. The number of methoxy groups -OCH3 is 1. The van der Waals surface area contributed by atoms with E-state index in [1.807, 2.05) is 37.4 Å². The van der Waals surface area contributed by atoms with Gasteiger partial charge in [0.25, 0.3) is 0 Å². The molecule has 0 saturated heterocycles. The van der Waals surface area contributed by atoms with Crippen molar-refractivity contribution in [2.24, 2.45) is 0 Å². The van der Waals surface area contributed by atoms with E-state index in [0.29, 0.717) is 0 Å². The Bertz CT molecular complexity index is 569. The van der Waals surface area contributed by atoms with Crippen molar-refractivity contribution < 1.29 is 9.47 Å². The van der Waals surface area contributed by atoms with Crippen LogP contribution >= 0.6 is 0 Å². The minimum atomic E-state index is 0.0753. The Hall–Kier alpha value is -2.00. The molecule has 3 heteroatoms. The van der Waals surface area contributed by atoms with Gasteiger partial charge < -0.3 is 14.8 Å². The molecule has 1 unspecified atom stereocenters. The van der Waals surface area contributed by atoms with Crippen molar-refractivity contribution in [3.05, 3.63) is 59.7 Å². The molecule has 0 fully saturated rings. The van der Waals surface area contributed by atoms with Gasteiger partial charge in [0.2, 0.25) is 0 Å². The summed E-state index contributed by atoms with van der Waals surface area (Å²) in [6.07, 6.45) is 1.01. The summed E-state index contributed by atoms with van der Waals surface area (Å²) in [5.41, 5.74) is 2.28. The summed E-state index contributed by atoms with van der Waals surface area (Å²) in [5.74, 6) is 1.79. The van der Waals surface area contributed by atoms with Gasteiger partial charge in [-0.1, -0.05) is 37.3 Å². The minimum Gasteiger partial charge on any atom is -0.496 e. The molecule has 2 aromatic rings. The molecule has 2 aromatic carbocycles. The maximum atomic E-state index is 5.72. The molecule has 0 aliphatic carbocycles. The third kappa shape index (κ3) is 3.76. The average molecular weight is 285 g/mol. The van der Waals surface area contributed by atoms with E-state index >= 15 is 0 Å². The largest absolute Gasteiger partial charge is 0.496 e. The van der Waals surface area contributed by atoms with Crippen molar-refractivity contribution in [3.63, 3.8) is 0 Å². The molecule has 2 rings (SSSR count). The minimum absolute atomic E-state index is 0.0753. The van der Waals surface area contributed by atoms with E-state index in [9.17, 15) is 0 Å². The molecule has 0 aliphatic heterocycles. The molecule has 3 nitrogen and oxygen atoms in total. The molecular weight excluding hydrogens is 262 g/mol. The van der Waals surface area contributed by atoms with Crippen LogP contribution in [-0.4, -0.2) is 20.8 Å². The molecule has 1 N–H and O–H groups in total. The number of hydrogen-bond acceptors (Lipinski definition) is 3. The summed E-state index contributed by atoms with van der Waals surface area (Å²) in [7, 11) is 3.66. The number of ether oxygens (including phenoxy) is 2. The second kappa shape index (κ2) is 7.70. The normalized spacial score (nSPS) is 12.0. The van der Waals surface area contributed by atoms with E-state index in [1.165, 1.54) is 0 Å². The van der Waals surface area contributed by atoms with Gasteiger partial charge >= 0.3 is 0 Å². The smallest absolute Gasteiger partial charge is 0.123 e. The molecule has 0 radical (unpaired) electrons. The number of nitrogens with one attached hydrogen (secondary N) is 1. The van der Waals surface area contributed by atoms with Gasteiger partial charge in [-0.15, -0.1) is 0 Å². The Labute approximate surface area is 126 Å². The predicted molar refractivity (Wildman–Crippen MR) is 86.1 cm³/mol. The van der Waals surface area contributed by atoms with Crippen LogP contribution in [0.25, 0.3) is 0 Å². The van der Waals surface area contributed by atoms with E-state index in [1.54, 1.807) is 7.11 Å². The second-order valence-corrected chi connectivity index (χ2v) is 4.88. The monoisotopic (exact) mass is 285 g/mol. The van der Waals surface area contributed by atoms with Gasteiger partial charge in [0, 0.05) is 5.56 Å². The summed E-state index contributed by atoms with van der Waals surface area (Å²) in [6, 6.07) is 16.4. The van der Waals surface area contributed by atoms with Crippen LogP contribution in [-0.2, 0) is 0 Å². The van der Waals surface area contributed by atoms with Crippen LogP contribution in [0.3, 0.4) is 0 Å². The van der Waals surface area contributed by atoms with Crippen molar-refractivity contribution in [1.29, 1.82) is 0 Å². The zero-order chi connectivity index (χ0) is 15.1. The van der Waals surface area contributed by atoms with Crippen molar-refractivity contribution in [1.82, 2.24) is 5.32 Å². The lowest BCUT2D eigenvalue weighted by Crippen LogP contribution is -2.18. The van der Waals surface area contributed by atoms with Crippen molar-refractivity contribution >= 4 is 0 Å². The van der Waals surface area contributed by atoms with Gasteiger partial charge in [0.1, 0.15) is 11.5 Å². The van der Waals surface area contributed by atoms with Crippen molar-refractivity contribution in [2.45, 2.75) is 19.4 Å². The third-order valence-electron chi connectivity index (χ3n) is 3.40. The lowest BCUT2D eigenvalue weighted by molar-refractivity contribution is 0.317.